The van der Waals surface area contributed by atoms with Gasteiger partial charge in [-0.3, -0.25) is 0 Å². The van der Waals surface area contributed by atoms with Gasteiger partial charge in [0, 0.05) is 31.4 Å². The number of aromatic nitrogens is 1. The topological polar surface area (TPSA) is 65.5 Å². The standard InChI is InChI=1S/C10H17N3O2S/c1-2-13(5-6-14)10(15)11-4-3-9-7-16-8-12-9/h7-8,14H,2-6H2,1H3,(H,11,15). The van der Waals surface area contributed by atoms with Crippen LogP contribution in [0.1, 0.15) is 12.6 Å². The highest BCUT2D eigenvalue weighted by atomic mass is 32.1. The number of urea groups is 1. The van der Waals surface area contributed by atoms with Gasteiger partial charge in [-0.1, -0.05) is 0 Å². The Hall–Kier alpha value is -1.14. The Labute approximate surface area is 99.1 Å². The molecule has 2 amide bonds. The third kappa shape index (κ3) is 4.16. The number of aliphatic hydroxyl groups is 1. The smallest absolute Gasteiger partial charge is 0.317 e. The molecule has 0 bridgehead atoms. The van der Waals surface area contributed by atoms with E-state index >= 15 is 0 Å². The van der Waals surface area contributed by atoms with Crippen molar-refractivity contribution in [2.75, 3.05) is 26.2 Å². The molecule has 0 radical (unpaired) electrons. The summed E-state index contributed by atoms with van der Waals surface area (Å²) in [5, 5.41) is 13.5. The van der Waals surface area contributed by atoms with Crippen molar-refractivity contribution in [3.8, 4) is 0 Å². The summed E-state index contributed by atoms with van der Waals surface area (Å²) < 4.78 is 0. The Bertz CT molecular complexity index is 303. The maximum Gasteiger partial charge on any atom is 0.317 e. The molecule has 1 rings (SSSR count). The van der Waals surface area contributed by atoms with Gasteiger partial charge in [-0.2, -0.15) is 0 Å². The van der Waals surface area contributed by atoms with Gasteiger partial charge in [0.1, 0.15) is 0 Å². The van der Waals surface area contributed by atoms with E-state index in [1.807, 2.05) is 12.3 Å². The van der Waals surface area contributed by atoms with Gasteiger partial charge in [-0.15, -0.1) is 11.3 Å². The van der Waals surface area contributed by atoms with Crippen molar-refractivity contribution >= 4 is 17.4 Å². The molecule has 0 aromatic carbocycles. The van der Waals surface area contributed by atoms with Gasteiger partial charge in [0.25, 0.3) is 0 Å². The van der Waals surface area contributed by atoms with Crippen molar-refractivity contribution in [1.82, 2.24) is 15.2 Å². The fourth-order valence-corrected chi connectivity index (χ4v) is 1.89. The molecule has 1 aromatic rings. The normalized spacial score (nSPS) is 10.1. The molecular weight excluding hydrogens is 226 g/mol. The van der Waals surface area contributed by atoms with Gasteiger partial charge in [0.2, 0.25) is 0 Å². The highest BCUT2D eigenvalue weighted by Crippen LogP contribution is 2.00. The molecule has 2 N–H and O–H groups in total. The Balaban J connectivity index is 2.23. The fraction of sp³-hybridized carbons (Fsp3) is 0.600. The maximum atomic E-state index is 11.6. The summed E-state index contributed by atoms with van der Waals surface area (Å²) >= 11 is 1.55. The summed E-state index contributed by atoms with van der Waals surface area (Å²) in [7, 11) is 0. The van der Waals surface area contributed by atoms with Crippen LogP contribution >= 0.6 is 11.3 Å². The molecule has 16 heavy (non-hydrogen) atoms. The summed E-state index contributed by atoms with van der Waals surface area (Å²) in [5.41, 5.74) is 2.77. The molecule has 0 aliphatic rings. The number of amides is 2. The predicted molar refractivity (Wildman–Crippen MR) is 63.5 cm³/mol. The molecular formula is C10H17N3O2S. The lowest BCUT2D eigenvalue weighted by atomic mass is 10.3. The van der Waals surface area contributed by atoms with Gasteiger partial charge >= 0.3 is 6.03 Å². The summed E-state index contributed by atoms with van der Waals surface area (Å²) in [6.45, 7) is 3.43. The molecule has 0 spiro atoms. The van der Waals surface area contributed by atoms with Crippen LogP contribution in [0.2, 0.25) is 0 Å². The van der Waals surface area contributed by atoms with Crippen LogP contribution in [0.5, 0.6) is 0 Å². The molecule has 0 unspecified atom stereocenters. The van der Waals surface area contributed by atoms with E-state index in [4.69, 9.17) is 5.11 Å². The molecule has 0 aliphatic heterocycles. The number of nitrogens with one attached hydrogen (secondary N) is 1. The zero-order valence-electron chi connectivity index (χ0n) is 9.35. The zero-order valence-corrected chi connectivity index (χ0v) is 10.2. The molecule has 0 fully saturated rings. The molecule has 0 saturated heterocycles. The number of hydrogen-bond acceptors (Lipinski definition) is 4. The molecule has 1 aromatic heterocycles. The summed E-state index contributed by atoms with van der Waals surface area (Å²) in [6, 6.07) is -0.133. The summed E-state index contributed by atoms with van der Waals surface area (Å²) in [6.07, 6.45) is 0.742. The van der Waals surface area contributed by atoms with Gasteiger partial charge in [-0.25, -0.2) is 9.78 Å². The second-order valence-electron chi connectivity index (χ2n) is 3.26. The Morgan fingerprint density at radius 3 is 3.06 bits per heavy atom. The van der Waals surface area contributed by atoms with E-state index in [1.165, 1.54) is 0 Å². The first-order valence-electron chi connectivity index (χ1n) is 5.28. The fourth-order valence-electron chi connectivity index (χ4n) is 1.29. The highest BCUT2D eigenvalue weighted by molar-refractivity contribution is 7.07. The average molecular weight is 243 g/mol. The third-order valence-corrected chi connectivity index (χ3v) is 2.81. The number of carbonyl (C=O) groups is 1. The number of thiazole rings is 1. The van der Waals surface area contributed by atoms with Crippen molar-refractivity contribution in [1.29, 1.82) is 0 Å². The quantitative estimate of drug-likeness (QED) is 0.773. The zero-order chi connectivity index (χ0) is 11.8. The van der Waals surface area contributed by atoms with Gasteiger partial charge in [0.15, 0.2) is 0 Å². The van der Waals surface area contributed by atoms with E-state index in [1.54, 1.807) is 21.7 Å². The van der Waals surface area contributed by atoms with Crippen LogP contribution in [-0.2, 0) is 6.42 Å². The lowest BCUT2D eigenvalue weighted by Gasteiger charge is -2.19. The number of likely N-dealkylation sites (N-methyl/N-ethyl adjacent to an activating group) is 1. The van der Waals surface area contributed by atoms with Gasteiger partial charge < -0.3 is 15.3 Å². The van der Waals surface area contributed by atoms with Crippen LogP contribution in [0.25, 0.3) is 0 Å². The van der Waals surface area contributed by atoms with Crippen molar-refractivity contribution in [2.45, 2.75) is 13.3 Å². The van der Waals surface area contributed by atoms with Gasteiger partial charge in [-0.05, 0) is 6.92 Å². The minimum Gasteiger partial charge on any atom is -0.395 e. The summed E-state index contributed by atoms with van der Waals surface area (Å²) in [5.74, 6) is 0. The van der Waals surface area contributed by atoms with E-state index < -0.39 is 0 Å². The molecule has 0 atom stereocenters. The number of aliphatic hydroxyl groups excluding tert-OH is 1. The van der Waals surface area contributed by atoms with Crippen LogP contribution in [0.4, 0.5) is 4.79 Å². The minimum absolute atomic E-state index is 0.00660. The summed E-state index contributed by atoms with van der Waals surface area (Å²) in [4.78, 5) is 17.3. The lowest BCUT2D eigenvalue weighted by molar-refractivity contribution is 0.180. The van der Waals surface area contributed by atoms with E-state index in [0.29, 0.717) is 19.6 Å². The predicted octanol–water partition coefficient (Wildman–Crippen LogP) is 0.709. The van der Waals surface area contributed by atoms with Crippen LogP contribution in [0.15, 0.2) is 10.9 Å². The van der Waals surface area contributed by atoms with Crippen molar-refractivity contribution in [3.05, 3.63) is 16.6 Å². The SMILES string of the molecule is CCN(CCO)C(=O)NCCc1cscn1. The number of carbonyl (C=O) groups excluding carboxylic acids is 1. The van der Waals surface area contributed by atoms with E-state index in [9.17, 15) is 4.79 Å². The number of rotatable bonds is 6. The second kappa shape index (κ2) is 7.19. The molecule has 0 saturated carbocycles. The highest BCUT2D eigenvalue weighted by Gasteiger charge is 2.09. The van der Waals surface area contributed by atoms with Crippen molar-refractivity contribution in [3.63, 3.8) is 0 Å². The third-order valence-electron chi connectivity index (χ3n) is 2.18. The lowest BCUT2D eigenvalue weighted by Crippen LogP contribution is -2.42. The van der Waals surface area contributed by atoms with E-state index in [2.05, 4.69) is 10.3 Å². The maximum absolute atomic E-state index is 11.6. The minimum atomic E-state index is -0.133. The van der Waals surface area contributed by atoms with Crippen LogP contribution in [-0.4, -0.2) is 47.3 Å². The first-order valence-corrected chi connectivity index (χ1v) is 6.23. The van der Waals surface area contributed by atoms with Crippen LogP contribution < -0.4 is 5.32 Å². The first kappa shape index (κ1) is 12.9. The number of hydrogen-bond donors (Lipinski definition) is 2. The molecule has 6 heteroatoms. The van der Waals surface area contributed by atoms with Crippen molar-refractivity contribution < 1.29 is 9.90 Å². The van der Waals surface area contributed by atoms with E-state index in [-0.39, 0.29) is 12.6 Å². The van der Waals surface area contributed by atoms with Crippen molar-refractivity contribution in [2.24, 2.45) is 0 Å². The number of nitrogens with zero attached hydrogens (tertiary/aromatic N) is 2. The molecule has 5 nitrogen and oxygen atoms in total. The molecule has 90 valence electrons. The van der Waals surface area contributed by atoms with Crippen LogP contribution in [0.3, 0.4) is 0 Å². The van der Waals surface area contributed by atoms with E-state index in [0.717, 1.165) is 12.1 Å². The van der Waals surface area contributed by atoms with Crippen LogP contribution in [0, 0.1) is 0 Å². The largest absolute Gasteiger partial charge is 0.395 e. The Morgan fingerprint density at radius 1 is 1.69 bits per heavy atom. The molecule has 0 aliphatic carbocycles. The Morgan fingerprint density at radius 2 is 2.50 bits per heavy atom. The first-order chi connectivity index (χ1) is 7.77. The Kier molecular flexibility index (Phi) is 5.81. The second-order valence-corrected chi connectivity index (χ2v) is 3.98. The monoisotopic (exact) mass is 243 g/mol. The average Bonchev–Trinajstić information content (AvgIpc) is 2.78. The van der Waals surface area contributed by atoms with Gasteiger partial charge in [0.05, 0.1) is 17.8 Å². The molecule has 1 heterocycles.